The zero-order chi connectivity index (χ0) is 25.3. The van der Waals surface area contributed by atoms with Gasteiger partial charge in [-0.1, -0.05) is 70.6 Å². The molecule has 0 spiro atoms. The van der Waals surface area contributed by atoms with Gasteiger partial charge in [0.1, 0.15) is 0 Å². The first-order valence-corrected chi connectivity index (χ1v) is 13.9. The van der Waals surface area contributed by atoms with Crippen LogP contribution in [0.4, 0.5) is 0 Å². The van der Waals surface area contributed by atoms with E-state index in [0.29, 0.717) is 31.4 Å². The largest absolute Gasteiger partial charge is 0.379 e. The fraction of sp³-hybridized carbons (Fsp3) is 0.200. The lowest BCUT2D eigenvalue weighted by molar-refractivity contribution is 0.998. The lowest BCUT2D eigenvalue weighted by Gasteiger charge is -2.25. The summed E-state index contributed by atoms with van der Waals surface area (Å²) in [6, 6.07) is 0. The maximum absolute atomic E-state index is 7.87. The topological polar surface area (TPSA) is 299 Å². The van der Waals surface area contributed by atoms with Crippen molar-refractivity contribution in [3.8, 4) is 0 Å². The molecule has 12 nitrogen and oxygen atoms in total. The number of thioether (sulfide) groups is 6. The van der Waals surface area contributed by atoms with Crippen LogP contribution < -0.4 is 34.4 Å². The predicted octanol–water partition coefficient (Wildman–Crippen LogP) is 2.02. The van der Waals surface area contributed by atoms with Crippen molar-refractivity contribution in [2.45, 2.75) is 31.9 Å². The van der Waals surface area contributed by atoms with Crippen LogP contribution in [0.5, 0.6) is 0 Å². The summed E-state index contributed by atoms with van der Waals surface area (Å²) >= 11 is 6.01. The van der Waals surface area contributed by atoms with Crippen molar-refractivity contribution in [2.75, 3.05) is 0 Å². The average molecular weight is 565 g/mol. The Labute approximate surface area is 216 Å². The van der Waals surface area contributed by atoms with E-state index >= 15 is 0 Å². The van der Waals surface area contributed by atoms with Crippen molar-refractivity contribution in [1.82, 2.24) is 0 Å². The van der Waals surface area contributed by atoms with Gasteiger partial charge in [0.15, 0.2) is 31.0 Å². The SMILES string of the molecule is N=C(N)SCc1c(SC(=N)N)c(CSC(=N)N)c(SC(=N)N)c(CSC(=N)N)c1SC(=N)N. The first-order chi connectivity index (χ1) is 15.3. The summed E-state index contributed by atoms with van der Waals surface area (Å²) in [5, 5.41) is 45.5. The molecule has 180 valence electrons. The maximum Gasteiger partial charge on any atom is 0.155 e. The molecule has 18 heteroatoms. The molecule has 0 aromatic heterocycles. The lowest BCUT2D eigenvalue weighted by Crippen LogP contribution is -2.15. The summed E-state index contributed by atoms with van der Waals surface area (Å²) < 4.78 is 0. The molecule has 0 amide bonds. The Morgan fingerprint density at radius 1 is 0.424 bits per heavy atom. The molecule has 18 N–H and O–H groups in total. The molecule has 0 unspecified atom stereocenters. The van der Waals surface area contributed by atoms with Crippen molar-refractivity contribution in [3.63, 3.8) is 0 Å². The van der Waals surface area contributed by atoms with E-state index in [1.165, 1.54) is 0 Å². The third kappa shape index (κ3) is 9.88. The van der Waals surface area contributed by atoms with Gasteiger partial charge in [0.25, 0.3) is 0 Å². The maximum atomic E-state index is 7.87. The number of nitrogens with one attached hydrogen (secondary N) is 6. The van der Waals surface area contributed by atoms with E-state index in [0.717, 1.165) is 70.6 Å². The third-order valence-electron chi connectivity index (χ3n) is 3.40. The van der Waals surface area contributed by atoms with Crippen molar-refractivity contribution in [3.05, 3.63) is 16.7 Å². The molecule has 0 atom stereocenters. The molecule has 0 saturated carbocycles. The van der Waals surface area contributed by atoms with Crippen LogP contribution in [0.2, 0.25) is 0 Å². The van der Waals surface area contributed by atoms with E-state index < -0.39 is 0 Å². The van der Waals surface area contributed by atoms with Gasteiger partial charge in [-0.15, -0.1) is 0 Å². The Balaban J connectivity index is 4.08. The second-order valence-corrected chi connectivity index (χ2v) is 12.0. The number of hydrogen-bond donors (Lipinski definition) is 12. The first kappa shape index (κ1) is 29.2. The third-order valence-corrected chi connectivity index (χ3v) is 8.38. The smallest absolute Gasteiger partial charge is 0.155 e. The molecule has 1 aromatic carbocycles. The van der Waals surface area contributed by atoms with Gasteiger partial charge < -0.3 is 34.4 Å². The molecular formula is C15H24N12S6. The number of amidine groups is 6. The summed E-state index contributed by atoms with van der Waals surface area (Å²) in [5.41, 5.74) is 35.7. The van der Waals surface area contributed by atoms with Gasteiger partial charge in [0.05, 0.1) is 0 Å². The van der Waals surface area contributed by atoms with Crippen molar-refractivity contribution < 1.29 is 0 Å². The minimum absolute atomic E-state index is 0.131. The highest BCUT2D eigenvalue weighted by Crippen LogP contribution is 2.47. The minimum atomic E-state index is -0.207. The molecule has 0 aliphatic carbocycles. The standard InChI is InChI=1S/C15H24N12S6/c16-10(17)28-1-4-7(31-13(22)23)5(2-29-11(18)19)9(33-15(26)27)6(3-30-12(20)21)8(4)32-14(24)25/h1-3H2,(H3,16,17)(H3,18,19)(H3,20,21)(H3,22,23)(H3,24,25)(H3,26,27). The van der Waals surface area contributed by atoms with Gasteiger partial charge in [0.2, 0.25) is 0 Å². The summed E-state index contributed by atoms with van der Waals surface area (Å²) in [4.78, 5) is 1.65. The molecule has 0 aliphatic heterocycles. The van der Waals surface area contributed by atoms with Crippen LogP contribution in [0.3, 0.4) is 0 Å². The minimum Gasteiger partial charge on any atom is -0.379 e. The second kappa shape index (κ2) is 13.8. The molecule has 0 heterocycles. The van der Waals surface area contributed by atoms with E-state index in [-0.39, 0.29) is 48.3 Å². The quantitative estimate of drug-likeness (QED) is 0.116. The summed E-state index contributed by atoms with van der Waals surface area (Å²) in [7, 11) is 0. The fourth-order valence-electron chi connectivity index (χ4n) is 2.40. The van der Waals surface area contributed by atoms with E-state index in [9.17, 15) is 0 Å². The lowest BCUT2D eigenvalue weighted by atomic mass is 10.1. The van der Waals surface area contributed by atoms with E-state index in [2.05, 4.69) is 0 Å². The normalized spacial score (nSPS) is 10.5. The van der Waals surface area contributed by atoms with Crippen LogP contribution in [0.1, 0.15) is 16.7 Å². The van der Waals surface area contributed by atoms with E-state index in [1.807, 2.05) is 0 Å². The monoisotopic (exact) mass is 564 g/mol. The number of rotatable bonds is 9. The average Bonchev–Trinajstić information content (AvgIpc) is 2.64. The molecule has 0 fully saturated rings. The van der Waals surface area contributed by atoms with E-state index in [4.69, 9.17) is 66.9 Å². The second-order valence-electron chi connectivity index (χ2n) is 5.78. The molecule has 0 radical (unpaired) electrons. The molecule has 33 heavy (non-hydrogen) atoms. The predicted molar refractivity (Wildman–Crippen MR) is 149 cm³/mol. The number of hydrogen-bond acceptors (Lipinski definition) is 12. The number of nitrogens with two attached hydrogens (primary N) is 6. The van der Waals surface area contributed by atoms with Gasteiger partial charge in [-0.25, -0.2) is 0 Å². The van der Waals surface area contributed by atoms with Gasteiger partial charge in [0, 0.05) is 31.9 Å². The zero-order valence-corrected chi connectivity index (χ0v) is 21.9. The van der Waals surface area contributed by atoms with Crippen molar-refractivity contribution in [2.24, 2.45) is 34.4 Å². The van der Waals surface area contributed by atoms with Crippen LogP contribution in [-0.2, 0) is 17.3 Å². The molecular weight excluding hydrogens is 541 g/mol. The molecule has 1 rings (SSSR count). The molecule has 1 aromatic rings. The first-order valence-electron chi connectivity index (χ1n) is 8.50. The highest BCUT2D eigenvalue weighted by atomic mass is 32.2. The Kier molecular flexibility index (Phi) is 12.2. The highest BCUT2D eigenvalue weighted by Gasteiger charge is 2.27. The Morgan fingerprint density at radius 3 is 0.788 bits per heavy atom. The summed E-state index contributed by atoms with van der Waals surface area (Å²) in [6.45, 7) is 0. The summed E-state index contributed by atoms with van der Waals surface area (Å²) in [6.07, 6.45) is 0. The molecule has 0 aliphatic rings. The van der Waals surface area contributed by atoms with Crippen molar-refractivity contribution >= 4 is 102 Å². The molecule has 0 bridgehead atoms. The van der Waals surface area contributed by atoms with Crippen LogP contribution in [0, 0.1) is 32.5 Å². The van der Waals surface area contributed by atoms with Crippen LogP contribution in [-0.4, -0.2) is 31.0 Å². The van der Waals surface area contributed by atoms with Gasteiger partial charge in [-0.05, 0) is 16.7 Å². The van der Waals surface area contributed by atoms with Gasteiger partial charge in [-0.3, -0.25) is 32.5 Å². The van der Waals surface area contributed by atoms with Crippen molar-refractivity contribution in [1.29, 1.82) is 32.5 Å². The van der Waals surface area contributed by atoms with Crippen LogP contribution >= 0.6 is 70.6 Å². The Morgan fingerprint density at radius 2 is 0.636 bits per heavy atom. The Hall–Kier alpha value is -1.86. The van der Waals surface area contributed by atoms with E-state index in [1.54, 1.807) is 0 Å². The van der Waals surface area contributed by atoms with Crippen LogP contribution in [0.15, 0.2) is 14.7 Å². The Bertz CT molecular complexity index is 849. The zero-order valence-electron chi connectivity index (χ0n) is 17.0. The van der Waals surface area contributed by atoms with Crippen LogP contribution in [0.25, 0.3) is 0 Å². The molecule has 0 saturated heterocycles. The summed E-state index contributed by atoms with van der Waals surface area (Å²) in [5.74, 6) is 0.628. The highest BCUT2D eigenvalue weighted by molar-refractivity contribution is 8.16. The fourth-order valence-corrected chi connectivity index (χ4v) is 7.35. The number of benzene rings is 1. The van der Waals surface area contributed by atoms with Gasteiger partial charge in [-0.2, -0.15) is 0 Å². The van der Waals surface area contributed by atoms with Gasteiger partial charge >= 0.3 is 0 Å².